The Morgan fingerprint density at radius 1 is 1.36 bits per heavy atom. The maximum absolute atomic E-state index is 9.18. The van der Waals surface area contributed by atoms with E-state index in [0.717, 1.165) is 0 Å². The molecule has 1 aromatic carbocycles. The molecule has 2 nitrogen and oxygen atoms in total. The van der Waals surface area contributed by atoms with Gasteiger partial charge in [-0.1, -0.05) is 18.2 Å². The van der Waals surface area contributed by atoms with Crippen LogP contribution in [0.5, 0.6) is 11.5 Å². The van der Waals surface area contributed by atoms with Crippen LogP contribution in [-0.4, -0.2) is 5.11 Å². The first-order valence-electron chi connectivity index (χ1n) is 3.40. The van der Waals surface area contributed by atoms with Gasteiger partial charge in [0.25, 0.3) is 0 Å². The van der Waals surface area contributed by atoms with E-state index in [1.54, 1.807) is 30.3 Å². The molecule has 0 spiro atoms. The Morgan fingerprint density at radius 3 is 2.73 bits per heavy atom. The van der Waals surface area contributed by atoms with Gasteiger partial charge in [0.2, 0.25) is 0 Å². The van der Waals surface area contributed by atoms with E-state index in [1.165, 1.54) is 6.26 Å². The molecule has 0 heterocycles. The summed E-state index contributed by atoms with van der Waals surface area (Å²) in [4.78, 5) is 0. The minimum atomic E-state index is 0.158. The number of phenolic OH excluding ortho intramolecular Hbond substituents is 1. The number of ether oxygens (including phenoxy) is 1. The number of allylic oxidation sites excluding steroid dienone is 1. The second-order valence-electron chi connectivity index (χ2n) is 2.05. The number of benzene rings is 1. The van der Waals surface area contributed by atoms with Crippen LogP contribution in [0.4, 0.5) is 0 Å². The minimum absolute atomic E-state index is 0.158. The molecule has 0 aliphatic rings. The SMILES string of the molecule is CC=COc1ccccc1O. The largest absolute Gasteiger partial charge is 0.504 e. The molecule has 0 fully saturated rings. The number of hydrogen-bond acceptors (Lipinski definition) is 2. The maximum atomic E-state index is 9.18. The van der Waals surface area contributed by atoms with Crippen molar-refractivity contribution in [2.75, 3.05) is 0 Å². The van der Waals surface area contributed by atoms with E-state index in [4.69, 9.17) is 4.74 Å². The molecule has 1 aromatic rings. The quantitative estimate of drug-likeness (QED) is 0.655. The third kappa shape index (κ3) is 2.00. The van der Waals surface area contributed by atoms with E-state index in [1.807, 2.05) is 6.92 Å². The summed E-state index contributed by atoms with van der Waals surface area (Å²) in [6.07, 6.45) is 3.28. The summed E-state index contributed by atoms with van der Waals surface area (Å²) < 4.78 is 5.06. The minimum Gasteiger partial charge on any atom is -0.504 e. The van der Waals surface area contributed by atoms with Crippen LogP contribution in [0.1, 0.15) is 6.92 Å². The van der Waals surface area contributed by atoms with Gasteiger partial charge in [0.15, 0.2) is 11.5 Å². The fraction of sp³-hybridized carbons (Fsp3) is 0.111. The van der Waals surface area contributed by atoms with Crippen LogP contribution in [-0.2, 0) is 0 Å². The van der Waals surface area contributed by atoms with E-state index in [2.05, 4.69) is 0 Å². The molecule has 0 saturated heterocycles. The lowest BCUT2D eigenvalue weighted by molar-refractivity contribution is 0.410. The fourth-order valence-electron chi connectivity index (χ4n) is 0.698. The van der Waals surface area contributed by atoms with Crippen LogP contribution in [0, 0.1) is 0 Å². The summed E-state index contributed by atoms with van der Waals surface area (Å²) in [7, 11) is 0. The molecule has 0 radical (unpaired) electrons. The predicted molar refractivity (Wildman–Crippen MR) is 43.5 cm³/mol. The molecule has 1 N–H and O–H groups in total. The van der Waals surface area contributed by atoms with Crippen molar-refractivity contribution in [1.82, 2.24) is 0 Å². The number of phenols is 1. The van der Waals surface area contributed by atoms with Gasteiger partial charge in [-0.05, 0) is 19.1 Å². The number of aromatic hydroxyl groups is 1. The number of para-hydroxylation sites is 2. The average molecular weight is 150 g/mol. The molecule has 1 rings (SSSR count). The average Bonchev–Trinajstić information content (AvgIpc) is 2.03. The van der Waals surface area contributed by atoms with Gasteiger partial charge in [0, 0.05) is 0 Å². The Kier molecular flexibility index (Phi) is 2.55. The molecule has 0 unspecified atom stereocenters. The molecule has 58 valence electrons. The van der Waals surface area contributed by atoms with Crippen molar-refractivity contribution in [2.45, 2.75) is 6.92 Å². The highest BCUT2D eigenvalue weighted by atomic mass is 16.5. The zero-order chi connectivity index (χ0) is 8.10. The first-order chi connectivity index (χ1) is 5.34. The van der Waals surface area contributed by atoms with Crippen molar-refractivity contribution in [3.8, 4) is 11.5 Å². The second kappa shape index (κ2) is 3.66. The summed E-state index contributed by atoms with van der Waals surface area (Å²) in [5, 5.41) is 9.18. The number of rotatable bonds is 2. The lowest BCUT2D eigenvalue weighted by atomic mass is 10.3. The molecular weight excluding hydrogens is 140 g/mol. The maximum Gasteiger partial charge on any atom is 0.168 e. The van der Waals surface area contributed by atoms with Crippen LogP contribution < -0.4 is 4.74 Å². The van der Waals surface area contributed by atoms with E-state index in [-0.39, 0.29) is 5.75 Å². The van der Waals surface area contributed by atoms with Gasteiger partial charge in [-0.2, -0.15) is 0 Å². The van der Waals surface area contributed by atoms with Crippen LogP contribution in [0.2, 0.25) is 0 Å². The molecule has 0 aromatic heterocycles. The fourth-order valence-corrected chi connectivity index (χ4v) is 0.698. The van der Waals surface area contributed by atoms with Crippen LogP contribution >= 0.6 is 0 Å². The highest BCUT2D eigenvalue weighted by Gasteiger charge is 1.95. The number of hydrogen-bond donors (Lipinski definition) is 1. The second-order valence-corrected chi connectivity index (χ2v) is 2.05. The Morgan fingerprint density at radius 2 is 2.09 bits per heavy atom. The first kappa shape index (κ1) is 7.66. The van der Waals surface area contributed by atoms with Gasteiger partial charge in [0.05, 0.1) is 6.26 Å². The predicted octanol–water partition coefficient (Wildman–Crippen LogP) is 2.30. The summed E-state index contributed by atoms with van der Waals surface area (Å²) in [6, 6.07) is 6.84. The van der Waals surface area contributed by atoms with Crippen molar-refractivity contribution in [3.05, 3.63) is 36.6 Å². The van der Waals surface area contributed by atoms with Crippen LogP contribution in [0.15, 0.2) is 36.6 Å². The molecule has 0 amide bonds. The highest BCUT2D eigenvalue weighted by molar-refractivity contribution is 5.38. The van der Waals surface area contributed by atoms with Crippen molar-refractivity contribution >= 4 is 0 Å². The van der Waals surface area contributed by atoms with Gasteiger partial charge in [-0.25, -0.2) is 0 Å². The van der Waals surface area contributed by atoms with Crippen LogP contribution in [0.25, 0.3) is 0 Å². The summed E-state index contributed by atoms with van der Waals surface area (Å²) in [5.74, 6) is 0.635. The van der Waals surface area contributed by atoms with Gasteiger partial charge in [0.1, 0.15) is 0 Å². The van der Waals surface area contributed by atoms with Crippen molar-refractivity contribution in [2.24, 2.45) is 0 Å². The molecule has 0 bridgehead atoms. The molecule has 0 aliphatic heterocycles. The van der Waals surface area contributed by atoms with Crippen molar-refractivity contribution in [1.29, 1.82) is 0 Å². The smallest absolute Gasteiger partial charge is 0.168 e. The van der Waals surface area contributed by atoms with Gasteiger partial charge < -0.3 is 9.84 Å². The lowest BCUT2D eigenvalue weighted by Crippen LogP contribution is -1.80. The molecule has 0 saturated carbocycles. The van der Waals surface area contributed by atoms with Crippen molar-refractivity contribution < 1.29 is 9.84 Å². The van der Waals surface area contributed by atoms with E-state index < -0.39 is 0 Å². The van der Waals surface area contributed by atoms with Gasteiger partial charge in [-0.15, -0.1) is 0 Å². The standard InChI is InChI=1S/C9H10O2/c1-2-7-11-9-6-4-3-5-8(9)10/h2-7,10H,1H3. The lowest BCUT2D eigenvalue weighted by Gasteiger charge is -2.00. The Balaban J connectivity index is 2.77. The van der Waals surface area contributed by atoms with Crippen LogP contribution in [0.3, 0.4) is 0 Å². The molecular formula is C9H10O2. The summed E-state index contributed by atoms with van der Waals surface area (Å²) in [5.41, 5.74) is 0. The Hall–Kier alpha value is -1.44. The van der Waals surface area contributed by atoms with Crippen molar-refractivity contribution in [3.63, 3.8) is 0 Å². The highest BCUT2D eigenvalue weighted by Crippen LogP contribution is 2.24. The molecule has 2 heteroatoms. The summed E-state index contributed by atoms with van der Waals surface area (Å²) in [6.45, 7) is 1.85. The molecule has 11 heavy (non-hydrogen) atoms. The third-order valence-corrected chi connectivity index (χ3v) is 1.20. The zero-order valence-corrected chi connectivity index (χ0v) is 6.32. The topological polar surface area (TPSA) is 29.5 Å². The zero-order valence-electron chi connectivity index (χ0n) is 6.32. The van der Waals surface area contributed by atoms with E-state index in [9.17, 15) is 5.11 Å². The third-order valence-electron chi connectivity index (χ3n) is 1.20. The Labute approximate surface area is 65.7 Å². The van der Waals surface area contributed by atoms with E-state index in [0.29, 0.717) is 5.75 Å². The molecule has 0 atom stereocenters. The van der Waals surface area contributed by atoms with E-state index >= 15 is 0 Å². The Bertz CT molecular complexity index is 253. The molecule has 0 aliphatic carbocycles. The van der Waals surface area contributed by atoms with Gasteiger partial charge in [-0.3, -0.25) is 0 Å². The monoisotopic (exact) mass is 150 g/mol. The van der Waals surface area contributed by atoms with Gasteiger partial charge >= 0.3 is 0 Å². The normalized spacial score (nSPS) is 10.3. The first-order valence-corrected chi connectivity index (χ1v) is 3.40. The summed E-state index contributed by atoms with van der Waals surface area (Å²) >= 11 is 0.